The van der Waals surface area contributed by atoms with Crippen molar-refractivity contribution >= 4 is 22.8 Å². The number of rotatable bonds is 4. The monoisotopic (exact) mass is 301 g/mol. The normalized spacial score (nSPS) is 12.5. The molecule has 0 amide bonds. The summed E-state index contributed by atoms with van der Waals surface area (Å²) >= 11 is 6.28. The third-order valence-electron chi connectivity index (χ3n) is 3.34. The third kappa shape index (κ3) is 2.72. The summed E-state index contributed by atoms with van der Waals surface area (Å²) in [6.07, 6.45) is 0. The summed E-state index contributed by atoms with van der Waals surface area (Å²) in [5, 5.41) is -0.186. The fourth-order valence-electron chi connectivity index (χ4n) is 2.34. The van der Waals surface area contributed by atoms with Crippen LogP contribution in [-0.4, -0.2) is 21.6 Å². The van der Waals surface area contributed by atoms with Gasteiger partial charge in [0.15, 0.2) is 5.65 Å². The van der Waals surface area contributed by atoms with Gasteiger partial charge < -0.3 is 9.30 Å². The summed E-state index contributed by atoms with van der Waals surface area (Å²) in [5.74, 6) is 1.39. The van der Waals surface area contributed by atoms with E-state index in [1.807, 2.05) is 41.8 Å². The number of methoxy groups -OCH3 is 1. The summed E-state index contributed by atoms with van der Waals surface area (Å²) in [6, 6.07) is 13.9. The third-order valence-corrected chi connectivity index (χ3v) is 3.54. The van der Waals surface area contributed by atoms with Crippen molar-refractivity contribution in [3.63, 3.8) is 0 Å². The molecule has 4 nitrogen and oxygen atoms in total. The molecule has 0 radical (unpaired) electrons. The highest BCUT2D eigenvalue weighted by molar-refractivity contribution is 6.20. The van der Waals surface area contributed by atoms with Crippen LogP contribution in [0.5, 0.6) is 5.88 Å². The van der Waals surface area contributed by atoms with Crippen molar-refractivity contribution in [2.24, 2.45) is 0 Å². The first-order valence-corrected chi connectivity index (χ1v) is 7.22. The second kappa shape index (κ2) is 5.74. The minimum atomic E-state index is -0.186. The van der Waals surface area contributed by atoms with Gasteiger partial charge in [-0.1, -0.05) is 30.3 Å². The molecule has 0 aliphatic rings. The van der Waals surface area contributed by atoms with Crippen LogP contribution in [0.3, 0.4) is 0 Å². The number of fused-ring (bicyclic) bond motifs is 1. The number of imidazole rings is 1. The Labute approximate surface area is 128 Å². The first kappa shape index (κ1) is 13.9. The fraction of sp³-hybridized carbons (Fsp3) is 0.250. The van der Waals surface area contributed by atoms with Gasteiger partial charge in [0.2, 0.25) is 5.88 Å². The number of aromatic nitrogens is 3. The minimum Gasteiger partial charge on any atom is -0.481 e. The largest absolute Gasteiger partial charge is 0.481 e. The summed E-state index contributed by atoms with van der Waals surface area (Å²) in [4.78, 5) is 9.11. The van der Waals surface area contributed by atoms with Gasteiger partial charge in [-0.15, -0.1) is 11.6 Å². The van der Waals surface area contributed by atoms with Gasteiger partial charge in [0, 0.05) is 6.07 Å². The van der Waals surface area contributed by atoms with Gasteiger partial charge in [-0.25, -0.2) is 4.98 Å². The van der Waals surface area contributed by atoms with Crippen molar-refractivity contribution in [2.45, 2.75) is 18.8 Å². The molecule has 0 aliphatic carbocycles. The van der Waals surface area contributed by atoms with Crippen molar-refractivity contribution in [3.8, 4) is 5.88 Å². The van der Waals surface area contributed by atoms with Gasteiger partial charge in [-0.2, -0.15) is 4.98 Å². The summed E-state index contributed by atoms with van der Waals surface area (Å²) in [6.45, 7) is 2.60. The second-order valence-electron chi connectivity index (χ2n) is 4.85. The highest BCUT2D eigenvalue weighted by atomic mass is 35.5. The number of halogens is 1. The minimum absolute atomic E-state index is 0.186. The van der Waals surface area contributed by atoms with Crippen LogP contribution >= 0.6 is 11.6 Å². The van der Waals surface area contributed by atoms with Gasteiger partial charge in [0.25, 0.3) is 0 Å². The molecule has 3 aromatic rings. The average molecular weight is 302 g/mol. The number of ether oxygens (including phenoxy) is 1. The molecule has 0 fully saturated rings. The second-order valence-corrected chi connectivity index (χ2v) is 5.51. The maximum atomic E-state index is 6.28. The molecule has 1 aromatic carbocycles. The maximum Gasteiger partial charge on any atom is 0.215 e. The van der Waals surface area contributed by atoms with Gasteiger partial charge in [0.1, 0.15) is 11.3 Å². The van der Waals surface area contributed by atoms with Crippen molar-refractivity contribution in [2.75, 3.05) is 7.11 Å². The molecule has 1 atom stereocenters. The van der Waals surface area contributed by atoms with Gasteiger partial charge >= 0.3 is 0 Å². The van der Waals surface area contributed by atoms with Crippen molar-refractivity contribution in [3.05, 3.63) is 53.9 Å². The number of pyridine rings is 1. The number of alkyl halides is 1. The van der Waals surface area contributed by atoms with E-state index in [9.17, 15) is 0 Å². The first-order chi connectivity index (χ1) is 10.2. The quantitative estimate of drug-likeness (QED) is 0.688. The van der Waals surface area contributed by atoms with E-state index in [1.165, 1.54) is 5.56 Å². The highest BCUT2D eigenvalue weighted by Gasteiger charge is 2.16. The lowest BCUT2D eigenvalue weighted by Gasteiger charge is -2.10. The Kier molecular flexibility index (Phi) is 3.80. The predicted octanol–water partition coefficient (Wildman–Crippen LogP) is 3.79. The molecule has 2 heterocycles. The Bertz CT molecular complexity index is 753. The Morgan fingerprint density at radius 1 is 1.14 bits per heavy atom. The van der Waals surface area contributed by atoms with Crippen LogP contribution < -0.4 is 4.74 Å². The van der Waals surface area contributed by atoms with Gasteiger partial charge in [0.05, 0.1) is 19.0 Å². The van der Waals surface area contributed by atoms with Crippen molar-refractivity contribution < 1.29 is 4.74 Å². The molecule has 0 saturated heterocycles. The molecule has 0 spiro atoms. The molecule has 21 heavy (non-hydrogen) atoms. The van der Waals surface area contributed by atoms with Crippen LogP contribution in [-0.2, 0) is 6.54 Å². The van der Waals surface area contributed by atoms with E-state index in [1.54, 1.807) is 7.11 Å². The van der Waals surface area contributed by atoms with Gasteiger partial charge in [-0.3, -0.25) is 0 Å². The number of benzene rings is 1. The molecule has 0 N–H and O–H groups in total. The zero-order valence-electron chi connectivity index (χ0n) is 12.0. The average Bonchev–Trinajstić information content (AvgIpc) is 2.86. The van der Waals surface area contributed by atoms with Crippen LogP contribution in [0.2, 0.25) is 0 Å². The highest BCUT2D eigenvalue weighted by Crippen LogP contribution is 2.26. The van der Waals surface area contributed by atoms with E-state index < -0.39 is 0 Å². The van der Waals surface area contributed by atoms with Crippen LogP contribution in [0.4, 0.5) is 0 Å². The zero-order chi connectivity index (χ0) is 14.8. The lowest BCUT2D eigenvalue weighted by molar-refractivity contribution is 0.399. The molecule has 2 aromatic heterocycles. The van der Waals surface area contributed by atoms with E-state index in [-0.39, 0.29) is 5.38 Å². The van der Waals surface area contributed by atoms with E-state index >= 15 is 0 Å². The van der Waals surface area contributed by atoms with E-state index in [0.29, 0.717) is 12.4 Å². The standard InChI is InChI=1S/C16H16ClN3O/c1-11(17)15-18-13-8-9-14(21-2)19-16(13)20(15)10-12-6-4-3-5-7-12/h3-9,11H,10H2,1-2H3. The summed E-state index contributed by atoms with van der Waals surface area (Å²) in [5.41, 5.74) is 2.80. The summed E-state index contributed by atoms with van der Waals surface area (Å²) < 4.78 is 7.26. The molecule has 0 bridgehead atoms. The van der Waals surface area contributed by atoms with E-state index in [4.69, 9.17) is 16.3 Å². The number of hydrogen-bond acceptors (Lipinski definition) is 3. The van der Waals surface area contributed by atoms with Gasteiger partial charge in [-0.05, 0) is 18.6 Å². The molecule has 1 unspecified atom stereocenters. The Morgan fingerprint density at radius 2 is 1.90 bits per heavy atom. The topological polar surface area (TPSA) is 39.9 Å². The molecule has 5 heteroatoms. The fourth-order valence-corrected chi connectivity index (χ4v) is 2.51. The SMILES string of the molecule is COc1ccc2nc(C(C)Cl)n(Cc3ccccc3)c2n1. The number of hydrogen-bond donors (Lipinski definition) is 0. The van der Waals surface area contributed by atoms with Crippen molar-refractivity contribution in [1.82, 2.24) is 14.5 Å². The molecule has 0 saturated carbocycles. The Morgan fingerprint density at radius 3 is 2.57 bits per heavy atom. The first-order valence-electron chi connectivity index (χ1n) is 6.78. The van der Waals surface area contributed by atoms with E-state index in [0.717, 1.165) is 17.0 Å². The molecular formula is C16H16ClN3O. The van der Waals surface area contributed by atoms with Crippen LogP contribution in [0.15, 0.2) is 42.5 Å². The van der Waals surface area contributed by atoms with Crippen molar-refractivity contribution in [1.29, 1.82) is 0 Å². The maximum absolute atomic E-state index is 6.28. The Hall–Kier alpha value is -2.07. The molecular weight excluding hydrogens is 286 g/mol. The zero-order valence-corrected chi connectivity index (χ0v) is 12.7. The Balaban J connectivity index is 2.14. The van der Waals surface area contributed by atoms with Crippen LogP contribution in [0.1, 0.15) is 23.7 Å². The smallest absolute Gasteiger partial charge is 0.215 e. The lowest BCUT2D eigenvalue weighted by atomic mass is 10.2. The molecule has 0 aliphatic heterocycles. The summed E-state index contributed by atoms with van der Waals surface area (Å²) in [7, 11) is 1.61. The lowest BCUT2D eigenvalue weighted by Crippen LogP contribution is -2.06. The van der Waals surface area contributed by atoms with Crippen LogP contribution in [0, 0.1) is 0 Å². The predicted molar refractivity (Wildman–Crippen MR) is 83.9 cm³/mol. The number of nitrogens with zero attached hydrogens (tertiary/aromatic N) is 3. The molecule has 3 rings (SSSR count). The van der Waals surface area contributed by atoms with Crippen LogP contribution in [0.25, 0.3) is 11.2 Å². The van der Waals surface area contributed by atoms with E-state index in [2.05, 4.69) is 22.1 Å². The molecule has 108 valence electrons.